The predicted molar refractivity (Wildman–Crippen MR) is 205 cm³/mol. The van der Waals surface area contributed by atoms with Crippen molar-refractivity contribution in [1.29, 1.82) is 0 Å². The molecule has 19 heteroatoms. The highest BCUT2D eigenvalue weighted by Gasteiger charge is 2.26. The van der Waals surface area contributed by atoms with E-state index in [0.29, 0.717) is 53.5 Å². The minimum absolute atomic E-state index is 0.0109. The monoisotopic (exact) mass is 812 g/mol. The normalized spacial score (nSPS) is 13.9. The predicted octanol–water partition coefficient (Wildman–Crippen LogP) is 3.73. The highest BCUT2D eigenvalue weighted by Crippen LogP contribution is 2.27. The first-order chi connectivity index (χ1) is 27.8. The number of hydrogen-bond donors (Lipinski definition) is 3. The van der Waals surface area contributed by atoms with Crippen molar-refractivity contribution in [3.8, 4) is 16.8 Å². The van der Waals surface area contributed by atoms with E-state index in [1.807, 2.05) is 4.72 Å². The SMILES string of the molecule is Cn1c(=O)n(-c2ccc(CC[C@H](NC(=O)c3cc(F)c(NS(=O)(=O)c4ccc(-c5cnc(C6CCOCC6)nc5)cc4)cc3F)C(=O)O)nc2)c(=O)c2ccncc21. The number of ether oxygens (including phenoxy) is 1. The molecule has 0 aliphatic carbocycles. The molecule has 0 radical (unpaired) electrons. The van der Waals surface area contributed by atoms with E-state index in [-0.39, 0.29) is 34.7 Å². The number of benzene rings is 2. The largest absolute Gasteiger partial charge is 0.480 e. The van der Waals surface area contributed by atoms with Crippen molar-refractivity contribution in [3.05, 3.63) is 135 Å². The average molecular weight is 813 g/mol. The third-order valence-electron chi connectivity index (χ3n) is 9.73. The van der Waals surface area contributed by atoms with E-state index in [1.165, 1.54) is 72.7 Å². The lowest BCUT2D eigenvalue weighted by Gasteiger charge is -2.20. The van der Waals surface area contributed by atoms with Crippen LogP contribution in [0.4, 0.5) is 14.5 Å². The molecule has 16 nitrogen and oxygen atoms in total. The highest BCUT2D eigenvalue weighted by atomic mass is 32.2. The Bertz CT molecular complexity index is 2760. The Morgan fingerprint density at radius 3 is 2.33 bits per heavy atom. The zero-order chi connectivity index (χ0) is 41.1. The fraction of sp³-hybridized carbons (Fsp3) is 0.231. The summed E-state index contributed by atoms with van der Waals surface area (Å²) in [6.07, 6.45) is 8.80. The topological polar surface area (TPSA) is 217 Å². The van der Waals surface area contributed by atoms with Gasteiger partial charge >= 0.3 is 11.7 Å². The van der Waals surface area contributed by atoms with Crippen LogP contribution in [0.3, 0.4) is 0 Å². The molecule has 0 unspecified atom stereocenters. The standard InChI is InChI=1S/C39H34F2N8O8S/c1-48-34-21-42-13-10-28(34)37(51)49(39(48)54)26-6-4-25(43-20-26)5-9-32(38(52)53)46-36(50)29-16-31(41)33(17-30(29)40)47-58(55,56)27-7-2-22(3-8-27)24-18-44-35(45-19-24)23-11-14-57-15-12-23/h2-4,6-8,10,13,16-21,23,32,47H,5,9,11-12,14-15H2,1H3,(H,46,50)(H,52,53)/t32-/m0/s1. The maximum Gasteiger partial charge on any atom is 0.335 e. The third kappa shape index (κ3) is 8.21. The molecule has 5 heterocycles. The van der Waals surface area contributed by atoms with Crippen molar-refractivity contribution >= 4 is 38.5 Å². The minimum Gasteiger partial charge on any atom is -0.480 e. The number of aromatic nitrogens is 6. The van der Waals surface area contributed by atoms with Gasteiger partial charge in [-0.3, -0.25) is 28.8 Å². The molecule has 1 fully saturated rings. The smallest absolute Gasteiger partial charge is 0.335 e. The number of aliphatic carboxylic acids is 1. The number of rotatable bonds is 12. The van der Waals surface area contributed by atoms with Crippen LogP contribution in [0.5, 0.6) is 0 Å². The van der Waals surface area contributed by atoms with Crippen LogP contribution < -0.4 is 21.3 Å². The number of carbonyl (C=O) groups excluding carboxylic acids is 1. The van der Waals surface area contributed by atoms with Crippen molar-refractivity contribution in [2.24, 2.45) is 7.05 Å². The molecule has 7 rings (SSSR count). The van der Waals surface area contributed by atoms with E-state index < -0.39 is 62.1 Å². The summed E-state index contributed by atoms with van der Waals surface area (Å²) in [5, 5.41) is 12.2. The second-order valence-corrected chi connectivity index (χ2v) is 15.1. The lowest BCUT2D eigenvalue weighted by Crippen LogP contribution is -2.41. The van der Waals surface area contributed by atoms with E-state index in [9.17, 15) is 32.7 Å². The van der Waals surface area contributed by atoms with Gasteiger partial charge in [0, 0.05) is 62.1 Å². The number of carboxylic acids is 1. The van der Waals surface area contributed by atoms with Gasteiger partial charge in [-0.2, -0.15) is 0 Å². The number of nitrogens with one attached hydrogen (secondary N) is 2. The molecular weight excluding hydrogens is 779 g/mol. The highest BCUT2D eigenvalue weighted by molar-refractivity contribution is 7.92. The molecule has 1 aliphatic heterocycles. The van der Waals surface area contributed by atoms with Crippen LogP contribution in [0, 0.1) is 11.6 Å². The Labute approximate surface area is 328 Å². The Hall–Kier alpha value is -6.73. The van der Waals surface area contributed by atoms with Crippen LogP contribution in [0.15, 0.2) is 100 Å². The first kappa shape index (κ1) is 39.5. The summed E-state index contributed by atoms with van der Waals surface area (Å²) in [6.45, 7) is 1.29. The molecule has 1 atom stereocenters. The number of carbonyl (C=O) groups is 2. The molecule has 2 aromatic carbocycles. The van der Waals surface area contributed by atoms with Crippen LogP contribution in [-0.4, -0.2) is 73.7 Å². The quantitative estimate of drug-likeness (QED) is 0.161. The number of anilines is 1. The number of hydrogen-bond acceptors (Lipinski definition) is 11. The molecular formula is C39H34F2N8O8S. The summed E-state index contributed by atoms with van der Waals surface area (Å²) in [6, 6.07) is 9.39. The average Bonchev–Trinajstić information content (AvgIpc) is 3.23. The Kier molecular flexibility index (Phi) is 11.2. The van der Waals surface area contributed by atoms with Crippen LogP contribution in [-0.2, 0) is 33.0 Å². The minimum atomic E-state index is -4.42. The van der Waals surface area contributed by atoms with Crippen molar-refractivity contribution in [2.45, 2.75) is 42.5 Å². The zero-order valence-electron chi connectivity index (χ0n) is 30.6. The molecule has 1 saturated heterocycles. The number of carboxylic acid groups (broad SMARTS) is 1. The molecule has 6 aromatic rings. The van der Waals surface area contributed by atoms with Gasteiger partial charge in [-0.25, -0.2) is 41.3 Å². The molecule has 3 N–H and O–H groups in total. The van der Waals surface area contributed by atoms with Gasteiger partial charge in [0.1, 0.15) is 23.5 Å². The molecule has 58 heavy (non-hydrogen) atoms. The van der Waals surface area contributed by atoms with Crippen LogP contribution in [0.25, 0.3) is 27.7 Å². The Balaban J connectivity index is 0.988. The molecule has 1 amide bonds. The van der Waals surface area contributed by atoms with Crippen molar-refractivity contribution in [3.63, 3.8) is 0 Å². The van der Waals surface area contributed by atoms with Gasteiger partial charge in [-0.05, 0) is 67.6 Å². The number of amides is 1. The van der Waals surface area contributed by atoms with Gasteiger partial charge in [0.15, 0.2) is 0 Å². The zero-order valence-corrected chi connectivity index (χ0v) is 31.4. The summed E-state index contributed by atoms with van der Waals surface area (Å²) >= 11 is 0. The molecule has 298 valence electrons. The van der Waals surface area contributed by atoms with E-state index >= 15 is 8.78 Å². The Morgan fingerprint density at radius 1 is 0.931 bits per heavy atom. The summed E-state index contributed by atoms with van der Waals surface area (Å²) in [5.74, 6) is -4.43. The number of fused-ring (bicyclic) bond motifs is 1. The van der Waals surface area contributed by atoms with Gasteiger partial charge in [0.25, 0.3) is 21.5 Å². The van der Waals surface area contributed by atoms with Crippen molar-refractivity contribution in [2.75, 3.05) is 17.9 Å². The molecule has 4 aromatic heterocycles. The number of aryl methyl sites for hydroxylation is 2. The maximum absolute atomic E-state index is 15.2. The Morgan fingerprint density at radius 2 is 1.66 bits per heavy atom. The van der Waals surface area contributed by atoms with E-state index in [0.717, 1.165) is 17.4 Å². The summed E-state index contributed by atoms with van der Waals surface area (Å²) in [7, 11) is -2.93. The molecule has 0 bridgehead atoms. The van der Waals surface area contributed by atoms with E-state index in [2.05, 4.69) is 25.3 Å². The second-order valence-electron chi connectivity index (χ2n) is 13.4. The number of halogens is 2. The van der Waals surface area contributed by atoms with Gasteiger partial charge in [0.05, 0.1) is 45.1 Å². The van der Waals surface area contributed by atoms with Gasteiger partial charge in [0.2, 0.25) is 0 Å². The number of sulfonamides is 1. The molecule has 0 spiro atoms. The summed E-state index contributed by atoms with van der Waals surface area (Å²) in [5.41, 5.74) is -0.722. The van der Waals surface area contributed by atoms with Crippen molar-refractivity contribution in [1.82, 2.24) is 34.4 Å². The van der Waals surface area contributed by atoms with Crippen molar-refractivity contribution < 1.29 is 36.6 Å². The summed E-state index contributed by atoms with van der Waals surface area (Å²) < 4.78 is 66.2. The molecule has 1 aliphatic rings. The fourth-order valence-electron chi connectivity index (χ4n) is 6.49. The molecule has 0 saturated carbocycles. The van der Waals surface area contributed by atoms with Crippen LogP contribution in [0.2, 0.25) is 0 Å². The third-order valence-corrected chi connectivity index (χ3v) is 11.1. The van der Waals surface area contributed by atoms with E-state index in [1.54, 1.807) is 12.4 Å². The number of pyridine rings is 2. The first-order valence-corrected chi connectivity index (χ1v) is 19.4. The number of nitrogens with zero attached hydrogens (tertiary/aromatic N) is 6. The lowest BCUT2D eigenvalue weighted by molar-refractivity contribution is -0.139. The maximum atomic E-state index is 15.2. The first-order valence-electron chi connectivity index (χ1n) is 17.9. The van der Waals surface area contributed by atoms with Crippen LogP contribution >= 0.6 is 0 Å². The fourth-order valence-corrected chi connectivity index (χ4v) is 7.55. The van der Waals surface area contributed by atoms with Crippen LogP contribution in [0.1, 0.15) is 47.1 Å². The lowest BCUT2D eigenvalue weighted by atomic mass is 9.99. The van der Waals surface area contributed by atoms with Gasteiger partial charge in [-0.1, -0.05) is 12.1 Å². The second kappa shape index (κ2) is 16.4. The van der Waals surface area contributed by atoms with E-state index in [4.69, 9.17) is 4.74 Å². The van der Waals surface area contributed by atoms with Gasteiger partial charge in [-0.15, -0.1) is 0 Å². The summed E-state index contributed by atoms with van der Waals surface area (Å²) in [4.78, 5) is 67.9. The van der Waals surface area contributed by atoms with Gasteiger partial charge < -0.3 is 15.2 Å².